The van der Waals surface area contributed by atoms with E-state index in [1.165, 1.54) is 22.1 Å². The molecule has 0 amide bonds. The molecule has 0 spiro atoms. The Morgan fingerprint density at radius 3 is 2.65 bits per heavy atom. The maximum absolute atomic E-state index is 9.55. The highest BCUT2D eigenvalue weighted by Crippen LogP contribution is 2.29. The van der Waals surface area contributed by atoms with Crippen molar-refractivity contribution >= 4 is 45.4 Å². The number of aromatic nitrogens is 1. The van der Waals surface area contributed by atoms with Crippen molar-refractivity contribution in [2.75, 3.05) is 0 Å². The summed E-state index contributed by atoms with van der Waals surface area (Å²) in [6, 6.07) is 24.2. The molecule has 1 heterocycles. The first-order valence-electron chi connectivity index (χ1n) is 8.05. The van der Waals surface area contributed by atoms with Gasteiger partial charge in [0, 0.05) is 16.0 Å². The van der Waals surface area contributed by atoms with Gasteiger partial charge in [-0.15, -0.1) is 11.3 Å². The van der Waals surface area contributed by atoms with Crippen molar-refractivity contribution in [1.82, 2.24) is 4.98 Å². The van der Waals surface area contributed by atoms with Gasteiger partial charge in [0.15, 0.2) is 0 Å². The largest absolute Gasteiger partial charge is 0.235 e. The molecular formula is C22H13ClN2S. The SMILES string of the molecule is N#CC(=Cc1cccc(Cl)c1)c1nc(-c2ccc3ccccc3c2)cs1. The molecule has 26 heavy (non-hydrogen) atoms. The number of nitrogens with zero attached hydrogens (tertiary/aromatic N) is 2. The second-order valence-corrected chi connectivity index (χ2v) is 7.12. The smallest absolute Gasteiger partial charge is 0.134 e. The van der Waals surface area contributed by atoms with Gasteiger partial charge in [-0.05, 0) is 40.6 Å². The van der Waals surface area contributed by atoms with Crippen molar-refractivity contribution in [3.63, 3.8) is 0 Å². The molecular weight excluding hydrogens is 360 g/mol. The van der Waals surface area contributed by atoms with E-state index in [4.69, 9.17) is 11.6 Å². The molecule has 4 rings (SSSR count). The van der Waals surface area contributed by atoms with Crippen LogP contribution in [0.4, 0.5) is 0 Å². The first-order chi connectivity index (χ1) is 12.7. The third-order valence-electron chi connectivity index (χ3n) is 4.06. The molecule has 2 nitrogen and oxygen atoms in total. The number of allylic oxidation sites excluding steroid dienone is 1. The van der Waals surface area contributed by atoms with E-state index >= 15 is 0 Å². The van der Waals surface area contributed by atoms with Crippen LogP contribution in [0.5, 0.6) is 0 Å². The zero-order valence-corrected chi connectivity index (χ0v) is 15.3. The van der Waals surface area contributed by atoms with Gasteiger partial charge in [-0.1, -0.05) is 60.1 Å². The summed E-state index contributed by atoms with van der Waals surface area (Å²) in [5.74, 6) is 0. The summed E-state index contributed by atoms with van der Waals surface area (Å²) in [6.45, 7) is 0. The van der Waals surface area contributed by atoms with Crippen LogP contribution in [0.3, 0.4) is 0 Å². The van der Waals surface area contributed by atoms with Crippen molar-refractivity contribution in [3.05, 3.63) is 87.7 Å². The minimum atomic E-state index is 0.532. The topological polar surface area (TPSA) is 36.7 Å². The van der Waals surface area contributed by atoms with Crippen LogP contribution < -0.4 is 0 Å². The summed E-state index contributed by atoms with van der Waals surface area (Å²) in [4.78, 5) is 4.67. The molecule has 124 valence electrons. The number of nitriles is 1. The summed E-state index contributed by atoms with van der Waals surface area (Å²) in [5.41, 5.74) is 3.34. The molecule has 3 aromatic carbocycles. The Hall–Kier alpha value is -2.93. The first kappa shape index (κ1) is 16.5. The molecule has 4 aromatic rings. The average molecular weight is 373 g/mol. The second kappa shape index (κ2) is 7.13. The number of fused-ring (bicyclic) bond motifs is 1. The van der Waals surface area contributed by atoms with Gasteiger partial charge in [0.05, 0.1) is 11.3 Å². The van der Waals surface area contributed by atoms with Crippen molar-refractivity contribution in [2.45, 2.75) is 0 Å². The Balaban J connectivity index is 1.71. The Morgan fingerprint density at radius 2 is 1.85 bits per heavy atom. The summed E-state index contributed by atoms with van der Waals surface area (Å²) in [5, 5.41) is 15.3. The highest BCUT2D eigenvalue weighted by Gasteiger charge is 2.10. The maximum atomic E-state index is 9.55. The van der Waals surface area contributed by atoms with Gasteiger partial charge >= 0.3 is 0 Å². The summed E-state index contributed by atoms with van der Waals surface area (Å²) in [7, 11) is 0. The Labute approximate surface area is 160 Å². The lowest BCUT2D eigenvalue weighted by Gasteiger charge is -2.01. The van der Waals surface area contributed by atoms with Crippen molar-refractivity contribution in [3.8, 4) is 17.3 Å². The van der Waals surface area contributed by atoms with Crippen LogP contribution in [-0.2, 0) is 0 Å². The van der Waals surface area contributed by atoms with E-state index in [-0.39, 0.29) is 0 Å². The zero-order valence-electron chi connectivity index (χ0n) is 13.7. The monoisotopic (exact) mass is 372 g/mol. The molecule has 4 heteroatoms. The normalized spacial score (nSPS) is 11.5. The fourth-order valence-electron chi connectivity index (χ4n) is 2.78. The summed E-state index contributed by atoms with van der Waals surface area (Å²) >= 11 is 7.50. The molecule has 0 N–H and O–H groups in total. The summed E-state index contributed by atoms with van der Waals surface area (Å²) in [6.07, 6.45) is 1.81. The lowest BCUT2D eigenvalue weighted by molar-refractivity contribution is 1.37. The van der Waals surface area contributed by atoms with E-state index in [0.717, 1.165) is 16.8 Å². The van der Waals surface area contributed by atoms with E-state index in [1.54, 1.807) is 0 Å². The molecule has 0 atom stereocenters. The van der Waals surface area contributed by atoms with Crippen LogP contribution in [0.25, 0.3) is 33.7 Å². The highest BCUT2D eigenvalue weighted by atomic mass is 35.5. The fourth-order valence-corrected chi connectivity index (χ4v) is 3.78. The van der Waals surface area contributed by atoms with Gasteiger partial charge in [-0.2, -0.15) is 5.26 Å². The third kappa shape index (κ3) is 3.39. The molecule has 0 aliphatic heterocycles. The first-order valence-corrected chi connectivity index (χ1v) is 9.31. The van der Waals surface area contributed by atoms with Gasteiger partial charge in [-0.25, -0.2) is 4.98 Å². The van der Waals surface area contributed by atoms with Crippen LogP contribution in [0.2, 0.25) is 5.02 Å². The van der Waals surface area contributed by atoms with Crippen molar-refractivity contribution in [1.29, 1.82) is 5.26 Å². The molecule has 0 saturated carbocycles. The minimum absolute atomic E-state index is 0.532. The van der Waals surface area contributed by atoms with E-state index in [1.807, 2.05) is 47.9 Å². The van der Waals surface area contributed by atoms with Crippen LogP contribution in [0.15, 0.2) is 72.1 Å². The Morgan fingerprint density at radius 1 is 1.00 bits per heavy atom. The number of hydrogen-bond donors (Lipinski definition) is 0. The number of halogens is 1. The van der Waals surface area contributed by atoms with E-state index in [2.05, 4.69) is 41.4 Å². The van der Waals surface area contributed by atoms with E-state index in [9.17, 15) is 5.26 Å². The van der Waals surface area contributed by atoms with Gasteiger partial charge in [-0.3, -0.25) is 0 Å². The third-order valence-corrected chi connectivity index (χ3v) is 5.17. The molecule has 0 unspecified atom stereocenters. The molecule has 1 aromatic heterocycles. The highest BCUT2D eigenvalue weighted by molar-refractivity contribution is 7.11. The quantitative estimate of drug-likeness (QED) is 0.376. The maximum Gasteiger partial charge on any atom is 0.134 e. The van der Waals surface area contributed by atoms with Gasteiger partial charge in [0.1, 0.15) is 11.1 Å². The predicted molar refractivity (Wildman–Crippen MR) is 110 cm³/mol. The molecule has 0 saturated heterocycles. The molecule has 0 aliphatic carbocycles. The van der Waals surface area contributed by atoms with Crippen LogP contribution >= 0.6 is 22.9 Å². The van der Waals surface area contributed by atoms with Crippen molar-refractivity contribution in [2.24, 2.45) is 0 Å². The van der Waals surface area contributed by atoms with Gasteiger partial charge in [0.2, 0.25) is 0 Å². The van der Waals surface area contributed by atoms with E-state index < -0.39 is 0 Å². The number of rotatable bonds is 3. The number of benzene rings is 3. The van der Waals surface area contributed by atoms with Gasteiger partial charge in [0.25, 0.3) is 0 Å². The second-order valence-electron chi connectivity index (χ2n) is 5.82. The van der Waals surface area contributed by atoms with Crippen molar-refractivity contribution < 1.29 is 0 Å². The van der Waals surface area contributed by atoms with Crippen LogP contribution in [0.1, 0.15) is 10.6 Å². The molecule has 0 bridgehead atoms. The van der Waals surface area contributed by atoms with Gasteiger partial charge < -0.3 is 0 Å². The summed E-state index contributed by atoms with van der Waals surface area (Å²) < 4.78 is 0. The number of thiazole rings is 1. The standard InChI is InChI=1S/C22H13ClN2S/c23-20-7-3-4-15(11-20)10-19(13-24)22-25-21(14-26-22)18-9-8-16-5-1-2-6-17(16)12-18/h1-12,14H. The lowest BCUT2D eigenvalue weighted by atomic mass is 10.1. The predicted octanol–water partition coefficient (Wildman–Crippen LogP) is 6.68. The zero-order chi connectivity index (χ0) is 17.9. The van der Waals surface area contributed by atoms with Crippen LogP contribution in [0, 0.1) is 11.3 Å². The fraction of sp³-hybridized carbons (Fsp3) is 0. The molecule has 0 radical (unpaired) electrons. The Bertz CT molecular complexity index is 1170. The van der Waals surface area contributed by atoms with E-state index in [0.29, 0.717) is 15.6 Å². The minimum Gasteiger partial charge on any atom is -0.235 e. The average Bonchev–Trinajstić information content (AvgIpc) is 3.16. The molecule has 0 fully saturated rings. The lowest BCUT2D eigenvalue weighted by Crippen LogP contribution is -1.83. The van der Waals surface area contributed by atoms with Crippen LogP contribution in [-0.4, -0.2) is 4.98 Å². The number of hydrogen-bond acceptors (Lipinski definition) is 3. The Kier molecular flexibility index (Phi) is 4.53. The molecule has 0 aliphatic rings.